The second kappa shape index (κ2) is 9.54. The molecule has 1 aromatic heterocycles. The highest BCUT2D eigenvalue weighted by atomic mass is 35.5. The molecule has 3 aromatic rings. The van der Waals surface area contributed by atoms with Crippen molar-refractivity contribution in [2.75, 3.05) is 6.54 Å². The van der Waals surface area contributed by atoms with Crippen LogP contribution < -0.4 is 5.32 Å². The van der Waals surface area contributed by atoms with Gasteiger partial charge in [-0.15, -0.1) is 0 Å². The van der Waals surface area contributed by atoms with E-state index in [2.05, 4.69) is 5.32 Å². The van der Waals surface area contributed by atoms with Crippen LogP contribution in [0.15, 0.2) is 48.7 Å². The van der Waals surface area contributed by atoms with Gasteiger partial charge in [-0.3, -0.25) is 14.4 Å². The average Bonchev–Trinajstić information content (AvgIpc) is 3.40. The third-order valence-electron chi connectivity index (χ3n) is 6.21. The van der Waals surface area contributed by atoms with Crippen molar-refractivity contribution < 1.29 is 23.2 Å². The summed E-state index contributed by atoms with van der Waals surface area (Å²) in [5.74, 6) is -1.78. The van der Waals surface area contributed by atoms with Crippen LogP contribution in [0.1, 0.15) is 42.2 Å². The molecule has 178 valence electrons. The molecule has 2 aromatic carbocycles. The van der Waals surface area contributed by atoms with Crippen LogP contribution in [-0.4, -0.2) is 45.8 Å². The monoisotopic (exact) mass is 487 g/mol. The number of carbonyl (C=O) groups excluding carboxylic acids is 3. The predicted molar refractivity (Wildman–Crippen MR) is 125 cm³/mol. The lowest BCUT2D eigenvalue weighted by atomic mass is 10.1. The molecular formula is C25H24ClF2N3O3. The minimum atomic E-state index is -1.36. The zero-order chi connectivity index (χ0) is 24.6. The Balaban J connectivity index is 1.55. The summed E-state index contributed by atoms with van der Waals surface area (Å²) in [6.07, 6.45) is 0.118. The van der Waals surface area contributed by atoms with E-state index in [4.69, 9.17) is 11.6 Å². The third-order valence-corrected chi connectivity index (χ3v) is 6.51. The quantitative estimate of drug-likeness (QED) is 0.522. The van der Waals surface area contributed by atoms with Gasteiger partial charge in [-0.1, -0.05) is 41.9 Å². The molecule has 0 aliphatic carbocycles. The van der Waals surface area contributed by atoms with Gasteiger partial charge in [0, 0.05) is 41.2 Å². The van der Waals surface area contributed by atoms with E-state index in [0.717, 1.165) is 5.39 Å². The lowest BCUT2D eigenvalue weighted by Crippen LogP contribution is -2.47. The molecular weight excluding hydrogens is 464 g/mol. The van der Waals surface area contributed by atoms with Crippen molar-refractivity contribution in [1.82, 2.24) is 14.8 Å². The fraction of sp³-hybridized carbons (Fsp3) is 0.320. The molecule has 4 rings (SSSR count). The molecule has 9 heteroatoms. The molecule has 2 heterocycles. The van der Waals surface area contributed by atoms with Crippen molar-refractivity contribution in [1.29, 1.82) is 0 Å². The van der Waals surface area contributed by atoms with E-state index in [-0.39, 0.29) is 35.9 Å². The summed E-state index contributed by atoms with van der Waals surface area (Å²) in [6, 6.07) is 9.87. The first kappa shape index (κ1) is 23.9. The van der Waals surface area contributed by atoms with Crippen LogP contribution >= 0.6 is 11.6 Å². The first-order chi connectivity index (χ1) is 16.2. The number of nitrogens with one attached hydrogen (secondary N) is 1. The van der Waals surface area contributed by atoms with Crippen molar-refractivity contribution in [3.05, 3.63) is 70.6 Å². The van der Waals surface area contributed by atoms with Gasteiger partial charge >= 0.3 is 0 Å². The molecule has 34 heavy (non-hydrogen) atoms. The summed E-state index contributed by atoms with van der Waals surface area (Å²) >= 11 is 5.78. The van der Waals surface area contributed by atoms with E-state index in [1.165, 1.54) is 24.0 Å². The lowest BCUT2D eigenvalue weighted by molar-refractivity contribution is -0.140. The van der Waals surface area contributed by atoms with Gasteiger partial charge in [0.1, 0.15) is 24.1 Å². The summed E-state index contributed by atoms with van der Waals surface area (Å²) in [4.78, 5) is 39.6. The molecule has 0 spiro atoms. The number of aromatic nitrogens is 1. The number of halogens is 3. The number of rotatable bonds is 6. The molecule has 1 fully saturated rings. The second-order valence-electron chi connectivity index (χ2n) is 8.47. The van der Waals surface area contributed by atoms with E-state index in [0.29, 0.717) is 11.1 Å². The largest absolute Gasteiger partial charge is 0.350 e. The molecule has 1 aliphatic rings. The van der Waals surface area contributed by atoms with Crippen molar-refractivity contribution in [2.24, 2.45) is 0 Å². The lowest BCUT2D eigenvalue weighted by Gasteiger charge is -2.27. The van der Waals surface area contributed by atoms with Gasteiger partial charge < -0.3 is 14.8 Å². The Bertz CT molecular complexity index is 1280. The van der Waals surface area contributed by atoms with Crippen molar-refractivity contribution >= 4 is 40.1 Å². The SMILES string of the molecule is CC(=O)c1cn(C(C)C(=O)N2C[C@H](F)C[C@H]2C(=O)NCc2cccc(Cl)c2F)c2ccccc12. The van der Waals surface area contributed by atoms with Crippen LogP contribution in [0.25, 0.3) is 10.9 Å². The predicted octanol–water partition coefficient (Wildman–Crippen LogP) is 4.45. The Hall–Kier alpha value is -3.26. The zero-order valence-electron chi connectivity index (χ0n) is 18.7. The van der Waals surface area contributed by atoms with Gasteiger partial charge in [0.2, 0.25) is 11.8 Å². The van der Waals surface area contributed by atoms with Crippen molar-refractivity contribution in [3.63, 3.8) is 0 Å². The van der Waals surface area contributed by atoms with Gasteiger partial charge in [0.05, 0.1) is 11.6 Å². The number of hydrogen-bond donors (Lipinski definition) is 1. The summed E-state index contributed by atoms with van der Waals surface area (Å²) in [5, 5.41) is 3.25. The summed E-state index contributed by atoms with van der Waals surface area (Å²) < 4.78 is 30.2. The van der Waals surface area contributed by atoms with Gasteiger partial charge in [0.25, 0.3) is 0 Å². The van der Waals surface area contributed by atoms with Crippen LogP contribution in [0.3, 0.4) is 0 Å². The molecule has 3 atom stereocenters. The molecule has 1 unspecified atom stereocenters. The van der Waals surface area contributed by atoms with E-state index < -0.39 is 35.9 Å². The standard InChI is InChI=1S/C25H24ClF2N3O3/c1-14(30-13-19(15(2)32)18-7-3-4-9-21(18)30)25(34)31-12-17(27)10-22(31)24(33)29-11-16-6-5-8-20(26)23(16)28/h3-9,13-14,17,22H,10-12H2,1-2H3,(H,29,33)/t14?,17-,22+/m1/s1. The Kier molecular flexibility index (Phi) is 6.70. The highest BCUT2D eigenvalue weighted by molar-refractivity contribution is 6.30. The molecule has 0 radical (unpaired) electrons. The van der Waals surface area contributed by atoms with Crippen LogP contribution in [0.4, 0.5) is 8.78 Å². The summed E-state index contributed by atoms with van der Waals surface area (Å²) in [5.41, 5.74) is 1.37. The number of hydrogen-bond acceptors (Lipinski definition) is 3. The molecule has 6 nitrogen and oxygen atoms in total. The minimum absolute atomic E-state index is 0.0639. The summed E-state index contributed by atoms with van der Waals surface area (Å²) in [6.45, 7) is 2.75. The number of para-hydroxylation sites is 1. The van der Waals surface area contributed by atoms with E-state index in [1.807, 2.05) is 6.07 Å². The number of Topliss-reactive ketones (excluding diaryl/α,β-unsaturated/α-hetero) is 1. The Morgan fingerprint density at radius 2 is 1.91 bits per heavy atom. The van der Waals surface area contributed by atoms with Crippen molar-refractivity contribution in [3.8, 4) is 0 Å². The van der Waals surface area contributed by atoms with Gasteiger partial charge in [-0.05, 0) is 26.0 Å². The van der Waals surface area contributed by atoms with Crippen LogP contribution in [0.2, 0.25) is 5.02 Å². The third kappa shape index (κ3) is 4.42. The highest BCUT2D eigenvalue weighted by Crippen LogP contribution is 2.29. The Morgan fingerprint density at radius 3 is 2.65 bits per heavy atom. The molecule has 0 saturated carbocycles. The molecule has 1 N–H and O–H groups in total. The number of alkyl halides is 1. The number of carbonyl (C=O) groups is 3. The number of benzene rings is 2. The fourth-order valence-corrected chi connectivity index (χ4v) is 4.62. The first-order valence-corrected chi connectivity index (χ1v) is 11.3. The maximum atomic E-state index is 14.4. The normalized spacial score (nSPS) is 18.8. The number of fused-ring (bicyclic) bond motifs is 1. The minimum Gasteiger partial charge on any atom is -0.350 e. The topological polar surface area (TPSA) is 71.4 Å². The number of amides is 2. The maximum absolute atomic E-state index is 14.4. The highest BCUT2D eigenvalue weighted by Gasteiger charge is 2.41. The average molecular weight is 488 g/mol. The van der Waals surface area contributed by atoms with Crippen molar-refractivity contribution in [2.45, 2.75) is 45.1 Å². The number of nitrogens with zero attached hydrogens (tertiary/aromatic N) is 2. The van der Waals surface area contributed by atoms with Crippen LogP contribution in [-0.2, 0) is 16.1 Å². The van der Waals surface area contributed by atoms with E-state index in [9.17, 15) is 23.2 Å². The fourth-order valence-electron chi connectivity index (χ4n) is 4.43. The first-order valence-electron chi connectivity index (χ1n) is 10.9. The zero-order valence-corrected chi connectivity index (χ0v) is 19.5. The Labute approximate surface area is 200 Å². The van der Waals surface area contributed by atoms with Gasteiger partial charge in [-0.25, -0.2) is 8.78 Å². The van der Waals surface area contributed by atoms with Crippen LogP contribution in [0.5, 0.6) is 0 Å². The maximum Gasteiger partial charge on any atom is 0.246 e. The van der Waals surface area contributed by atoms with E-state index >= 15 is 0 Å². The smallest absolute Gasteiger partial charge is 0.246 e. The molecule has 0 bridgehead atoms. The molecule has 1 saturated heterocycles. The van der Waals surface area contributed by atoms with E-state index in [1.54, 1.807) is 42.0 Å². The molecule has 1 aliphatic heterocycles. The van der Waals surface area contributed by atoms with Gasteiger partial charge in [0.15, 0.2) is 5.78 Å². The number of likely N-dealkylation sites (tertiary alicyclic amines) is 1. The summed E-state index contributed by atoms with van der Waals surface area (Å²) in [7, 11) is 0. The number of ketones is 1. The Morgan fingerprint density at radius 1 is 1.18 bits per heavy atom. The van der Waals surface area contributed by atoms with Crippen LogP contribution in [0, 0.1) is 5.82 Å². The van der Waals surface area contributed by atoms with Gasteiger partial charge in [-0.2, -0.15) is 0 Å². The molecule has 2 amide bonds. The second-order valence-corrected chi connectivity index (χ2v) is 8.88.